The lowest BCUT2D eigenvalue weighted by molar-refractivity contribution is 0.594. The zero-order valence-electron chi connectivity index (χ0n) is 43.3. The van der Waals surface area contributed by atoms with Crippen molar-refractivity contribution in [1.82, 2.24) is 8.80 Å². The second kappa shape index (κ2) is 15.8. The number of aromatic nitrogens is 2. The van der Waals surface area contributed by atoms with Gasteiger partial charge in [-0.25, -0.2) is 0 Å². The number of anilines is 6. The van der Waals surface area contributed by atoms with Crippen molar-refractivity contribution in [1.29, 1.82) is 0 Å². The summed E-state index contributed by atoms with van der Waals surface area (Å²) in [5.41, 5.74) is 19.6. The second-order valence-electron chi connectivity index (χ2n) is 23.0. The zero-order chi connectivity index (χ0) is 49.5. The molecule has 13 aromatic rings. The summed E-state index contributed by atoms with van der Waals surface area (Å²) >= 11 is 0. The van der Waals surface area contributed by atoms with E-state index in [0.717, 1.165) is 22.7 Å². The Morgan fingerprint density at radius 3 is 1.03 bits per heavy atom. The molecular weight excluding hydrogens is 873 g/mol. The number of hydrogen-bond donors (Lipinski definition) is 0. The van der Waals surface area contributed by atoms with Gasteiger partial charge in [0, 0.05) is 65.8 Å². The van der Waals surface area contributed by atoms with Gasteiger partial charge in [-0.05, 0) is 118 Å². The number of nitrogens with zero attached hydrogens (tertiary/aromatic N) is 4. The number of hydrogen-bond acceptors (Lipinski definition) is 2. The number of para-hydroxylation sites is 4. The molecule has 4 heteroatoms. The Kier molecular flexibility index (Phi) is 9.71. The van der Waals surface area contributed by atoms with Crippen LogP contribution in [0.3, 0.4) is 0 Å². The minimum Gasteiger partial charge on any atom is -0.310 e. The molecule has 0 unspecified atom stereocenters. The molecule has 13 rings (SSSR count). The van der Waals surface area contributed by atoms with E-state index in [2.05, 4.69) is 270 Å². The first kappa shape index (κ1) is 44.1. The highest BCUT2D eigenvalue weighted by Gasteiger charge is 2.32. The van der Waals surface area contributed by atoms with Crippen LogP contribution in [0.2, 0.25) is 0 Å². The van der Waals surface area contributed by atoms with Crippen LogP contribution in [-0.4, -0.2) is 8.80 Å². The molecule has 0 saturated heterocycles. The molecule has 0 atom stereocenters. The van der Waals surface area contributed by atoms with E-state index in [1.54, 1.807) is 0 Å². The van der Waals surface area contributed by atoms with E-state index in [-0.39, 0.29) is 10.8 Å². The number of rotatable bonds is 8. The van der Waals surface area contributed by atoms with Crippen LogP contribution in [0.25, 0.3) is 76.2 Å². The van der Waals surface area contributed by atoms with Gasteiger partial charge in [-0.15, -0.1) is 0 Å². The van der Waals surface area contributed by atoms with E-state index in [9.17, 15) is 0 Å². The van der Waals surface area contributed by atoms with Gasteiger partial charge in [0.2, 0.25) is 0 Å². The van der Waals surface area contributed by atoms with Crippen LogP contribution in [0.5, 0.6) is 0 Å². The fourth-order valence-corrected chi connectivity index (χ4v) is 12.3. The first-order chi connectivity index (χ1) is 34.7. The fraction of sp³-hybridized carbons (Fsp3) is 0.206. The quantitative estimate of drug-likeness (QED) is 0.151. The van der Waals surface area contributed by atoms with Gasteiger partial charge in [0.1, 0.15) is 0 Å². The molecule has 4 nitrogen and oxygen atoms in total. The summed E-state index contributed by atoms with van der Waals surface area (Å²) < 4.78 is 5.30. The molecule has 0 bridgehead atoms. The highest BCUT2D eigenvalue weighted by molar-refractivity contribution is 6.33. The highest BCUT2D eigenvalue weighted by atomic mass is 15.2. The van der Waals surface area contributed by atoms with Crippen LogP contribution < -0.4 is 9.80 Å². The second-order valence-corrected chi connectivity index (χ2v) is 23.0. The van der Waals surface area contributed by atoms with Crippen LogP contribution >= 0.6 is 0 Å². The molecule has 0 aliphatic rings. The lowest BCUT2D eigenvalue weighted by Crippen LogP contribution is -2.12. The van der Waals surface area contributed by atoms with Crippen LogP contribution in [0.15, 0.2) is 182 Å². The molecule has 0 aliphatic carbocycles. The molecule has 0 fully saturated rings. The maximum atomic E-state index is 2.65. The monoisotopic (exact) mass is 934 g/mol. The Morgan fingerprint density at radius 1 is 0.333 bits per heavy atom. The lowest BCUT2D eigenvalue weighted by Gasteiger charge is -2.27. The van der Waals surface area contributed by atoms with Gasteiger partial charge < -0.3 is 18.6 Å². The molecule has 72 heavy (non-hydrogen) atoms. The van der Waals surface area contributed by atoms with Crippen LogP contribution in [0.4, 0.5) is 34.1 Å². The summed E-state index contributed by atoms with van der Waals surface area (Å²) in [6.07, 6.45) is 0. The van der Waals surface area contributed by atoms with E-state index < -0.39 is 0 Å². The zero-order valence-corrected chi connectivity index (χ0v) is 43.3. The molecule has 0 aliphatic heterocycles. The van der Waals surface area contributed by atoms with Crippen molar-refractivity contribution < 1.29 is 0 Å². The average molecular weight is 935 g/mol. The van der Waals surface area contributed by atoms with E-state index in [1.807, 2.05) is 0 Å². The number of fused-ring (bicyclic) bond motifs is 12. The summed E-state index contributed by atoms with van der Waals surface area (Å²) in [7, 11) is 0. The minimum atomic E-state index is -0.106. The molecule has 9 aromatic carbocycles. The van der Waals surface area contributed by atoms with Gasteiger partial charge in [0.15, 0.2) is 0 Å². The lowest BCUT2D eigenvalue weighted by atomic mass is 9.85. The SMILES string of the molecule is CC(C)c1ccc(N(c2ccccc2)c2ccc3c4cccc(C(C)(C)C)c4n4c5cc6c7c(N(c8ccccc8)c8ccc(C(C)C)cc8)ccc8c9cccc(C(C)(C)C)c9n(c6cc5c2c34)c87)cc1. The molecule has 0 saturated carbocycles. The Labute approximate surface area is 423 Å². The molecule has 4 heterocycles. The third kappa shape index (κ3) is 6.43. The Bertz CT molecular complexity index is 3920. The van der Waals surface area contributed by atoms with Gasteiger partial charge in [0.05, 0.1) is 44.5 Å². The highest BCUT2D eigenvalue weighted by Crippen LogP contribution is 2.53. The summed E-state index contributed by atoms with van der Waals surface area (Å²) in [4.78, 5) is 4.98. The van der Waals surface area contributed by atoms with Crippen molar-refractivity contribution in [2.45, 2.75) is 91.9 Å². The van der Waals surface area contributed by atoms with E-state index in [1.165, 1.54) is 110 Å². The van der Waals surface area contributed by atoms with Crippen molar-refractivity contribution in [3.63, 3.8) is 0 Å². The van der Waals surface area contributed by atoms with Crippen LogP contribution in [-0.2, 0) is 10.8 Å². The topological polar surface area (TPSA) is 15.3 Å². The van der Waals surface area contributed by atoms with Gasteiger partial charge in [-0.3, -0.25) is 0 Å². The molecule has 0 spiro atoms. The fourth-order valence-electron chi connectivity index (χ4n) is 12.3. The smallest absolute Gasteiger partial charge is 0.0641 e. The maximum absolute atomic E-state index is 2.65. The van der Waals surface area contributed by atoms with Gasteiger partial charge in [0.25, 0.3) is 0 Å². The Morgan fingerprint density at radius 2 is 0.681 bits per heavy atom. The van der Waals surface area contributed by atoms with Gasteiger partial charge in [-0.1, -0.05) is 178 Å². The van der Waals surface area contributed by atoms with Crippen molar-refractivity contribution in [3.8, 4) is 0 Å². The third-order valence-corrected chi connectivity index (χ3v) is 15.8. The van der Waals surface area contributed by atoms with Gasteiger partial charge >= 0.3 is 0 Å². The summed E-state index contributed by atoms with van der Waals surface area (Å²) in [6.45, 7) is 23.3. The van der Waals surface area contributed by atoms with E-state index in [0.29, 0.717) is 11.8 Å². The first-order valence-corrected chi connectivity index (χ1v) is 26.0. The standard InChI is InChI=1S/C68H62N4/c1-41(2)43-27-31-47(32-28-43)69(45-19-13-11-14-20-45)57-37-35-51-49-23-17-25-55(67(5,6)7)63(49)71-59-40-54-60(39-53(59)61(57)65(51)71)72-64-50(24-18-26-56(64)68(8,9)10)52-36-38-58(62(54)66(52)72)70(46-21-15-12-16-22-46)48-33-29-44(30-34-48)42(3)4/h11-42H,1-10H3. The third-order valence-electron chi connectivity index (χ3n) is 15.8. The van der Waals surface area contributed by atoms with Crippen molar-refractivity contribution in [2.24, 2.45) is 0 Å². The molecule has 354 valence electrons. The first-order valence-electron chi connectivity index (χ1n) is 26.0. The predicted molar refractivity (Wildman–Crippen MR) is 311 cm³/mol. The van der Waals surface area contributed by atoms with Crippen molar-refractivity contribution >= 4 is 110 Å². The minimum absolute atomic E-state index is 0.106. The normalized spacial score (nSPS) is 12.8. The molecule has 0 amide bonds. The largest absolute Gasteiger partial charge is 0.310 e. The van der Waals surface area contributed by atoms with Crippen molar-refractivity contribution in [2.75, 3.05) is 9.80 Å². The van der Waals surface area contributed by atoms with E-state index in [4.69, 9.17) is 0 Å². The Hall–Kier alpha value is -7.82. The van der Waals surface area contributed by atoms with Gasteiger partial charge in [-0.2, -0.15) is 0 Å². The average Bonchev–Trinajstić information content (AvgIpc) is 4.10. The maximum Gasteiger partial charge on any atom is 0.0641 e. The van der Waals surface area contributed by atoms with E-state index >= 15 is 0 Å². The number of benzene rings is 9. The summed E-state index contributed by atoms with van der Waals surface area (Å²) in [6, 6.07) is 69.1. The molecule has 0 radical (unpaired) electrons. The summed E-state index contributed by atoms with van der Waals surface area (Å²) in [5.74, 6) is 0.870. The molecular formula is C68H62N4. The molecule has 4 aromatic heterocycles. The Balaban J connectivity index is 1.24. The van der Waals surface area contributed by atoms with Crippen LogP contribution in [0, 0.1) is 0 Å². The molecule has 0 N–H and O–H groups in total. The van der Waals surface area contributed by atoms with Crippen molar-refractivity contribution in [3.05, 3.63) is 204 Å². The predicted octanol–water partition coefficient (Wildman–Crippen LogP) is 19.8. The summed E-state index contributed by atoms with van der Waals surface area (Å²) in [5, 5.41) is 10.1. The van der Waals surface area contributed by atoms with Crippen LogP contribution in [0.1, 0.15) is 103 Å².